The van der Waals surface area contributed by atoms with Crippen LogP contribution in [-0.2, 0) is 6.54 Å². The van der Waals surface area contributed by atoms with Crippen molar-refractivity contribution in [1.82, 2.24) is 15.5 Å². The van der Waals surface area contributed by atoms with Crippen LogP contribution >= 0.6 is 0 Å². The third-order valence-corrected chi connectivity index (χ3v) is 3.60. The van der Waals surface area contributed by atoms with Crippen molar-refractivity contribution >= 4 is 5.91 Å². The van der Waals surface area contributed by atoms with E-state index >= 15 is 0 Å². The molecule has 116 valence electrons. The van der Waals surface area contributed by atoms with Gasteiger partial charge in [0.1, 0.15) is 11.4 Å². The largest absolute Gasteiger partial charge is 0.491 e. The molecule has 5 heteroatoms. The van der Waals surface area contributed by atoms with Crippen molar-refractivity contribution in [2.24, 2.45) is 0 Å². The molecule has 0 radical (unpaired) electrons. The molecule has 2 N–H and O–H groups in total. The van der Waals surface area contributed by atoms with Crippen LogP contribution in [0.5, 0.6) is 5.75 Å². The number of benzene rings is 1. The third-order valence-electron chi connectivity index (χ3n) is 3.60. The number of hydrogen-bond donors (Lipinski definition) is 2. The van der Waals surface area contributed by atoms with E-state index in [2.05, 4.69) is 15.5 Å². The van der Waals surface area contributed by atoms with E-state index in [4.69, 9.17) is 4.74 Å². The van der Waals surface area contributed by atoms with E-state index in [1.807, 2.05) is 44.2 Å². The Kier molecular flexibility index (Phi) is 4.13. The molecule has 1 aliphatic rings. The van der Waals surface area contributed by atoms with Crippen LogP contribution in [0.25, 0.3) is 0 Å². The molecule has 1 amide bonds. The Morgan fingerprint density at radius 3 is 2.73 bits per heavy atom. The van der Waals surface area contributed by atoms with E-state index < -0.39 is 0 Å². The van der Waals surface area contributed by atoms with E-state index in [9.17, 15) is 4.79 Å². The van der Waals surface area contributed by atoms with Crippen LogP contribution in [0.2, 0.25) is 0 Å². The number of nitrogens with zero attached hydrogens (tertiary/aromatic N) is 1. The molecule has 1 aromatic heterocycles. The number of H-pyrrole nitrogens is 1. The van der Waals surface area contributed by atoms with Gasteiger partial charge in [-0.25, -0.2) is 0 Å². The van der Waals surface area contributed by atoms with Crippen LogP contribution in [-0.4, -0.2) is 22.2 Å². The first-order valence-electron chi connectivity index (χ1n) is 7.71. The lowest BCUT2D eigenvalue weighted by molar-refractivity contribution is 0.0946. The highest BCUT2D eigenvalue weighted by molar-refractivity contribution is 5.92. The Hall–Kier alpha value is -2.30. The first-order valence-corrected chi connectivity index (χ1v) is 7.71. The van der Waals surface area contributed by atoms with Crippen LogP contribution < -0.4 is 10.1 Å². The summed E-state index contributed by atoms with van der Waals surface area (Å²) >= 11 is 0. The minimum atomic E-state index is -0.148. The number of carbonyl (C=O) groups excluding carboxylic acids is 1. The van der Waals surface area contributed by atoms with E-state index in [0.717, 1.165) is 17.0 Å². The molecule has 3 rings (SSSR count). The predicted octanol–water partition coefficient (Wildman–Crippen LogP) is 3.00. The van der Waals surface area contributed by atoms with E-state index in [1.54, 1.807) is 0 Å². The molecule has 22 heavy (non-hydrogen) atoms. The fourth-order valence-corrected chi connectivity index (χ4v) is 2.29. The first-order chi connectivity index (χ1) is 10.6. The maximum Gasteiger partial charge on any atom is 0.272 e. The standard InChI is InChI=1S/C17H21N3O2/c1-11(2)22-14-7-3-12(4-8-14)10-18-17(21)16-9-15(19-20-16)13-5-6-13/h3-4,7-9,11,13H,5-6,10H2,1-2H3,(H,18,21)(H,19,20). The molecule has 1 aliphatic carbocycles. The van der Waals surface area contributed by atoms with Crippen LogP contribution in [0.4, 0.5) is 0 Å². The molecule has 1 saturated carbocycles. The van der Waals surface area contributed by atoms with Gasteiger partial charge < -0.3 is 10.1 Å². The van der Waals surface area contributed by atoms with Gasteiger partial charge in [0.05, 0.1) is 6.10 Å². The number of hydrogen-bond acceptors (Lipinski definition) is 3. The highest BCUT2D eigenvalue weighted by Crippen LogP contribution is 2.38. The van der Waals surface area contributed by atoms with Crippen molar-refractivity contribution in [3.63, 3.8) is 0 Å². The summed E-state index contributed by atoms with van der Waals surface area (Å²) < 4.78 is 5.59. The SMILES string of the molecule is CC(C)Oc1ccc(CNC(=O)c2cc(C3CC3)[nH]n2)cc1. The van der Waals surface area contributed by atoms with Gasteiger partial charge in [-0.2, -0.15) is 5.10 Å². The fraction of sp³-hybridized carbons (Fsp3) is 0.412. The molecule has 0 aliphatic heterocycles. The van der Waals surface area contributed by atoms with Gasteiger partial charge in [-0.3, -0.25) is 9.89 Å². The summed E-state index contributed by atoms with van der Waals surface area (Å²) in [5, 5.41) is 9.91. The monoisotopic (exact) mass is 299 g/mol. The van der Waals surface area contributed by atoms with Gasteiger partial charge in [0.15, 0.2) is 0 Å². The zero-order chi connectivity index (χ0) is 15.5. The minimum Gasteiger partial charge on any atom is -0.491 e. The van der Waals surface area contributed by atoms with Crippen LogP contribution in [0.15, 0.2) is 30.3 Å². The smallest absolute Gasteiger partial charge is 0.272 e. The summed E-state index contributed by atoms with van der Waals surface area (Å²) in [5.41, 5.74) is 2.56. The lowest BCUT2D eigenvalue weighted by Crippen LogP contribution is -2.23. The number of aromatic amines is 1. The molecule has 2 aromatic rings. The van der Waals surface area contributed by atoms with Crippen molar-refractivity contribution in [1.29, 1.82) is 0 Å². The quantitative estimate of drug-likeness (QED) is 0.861. The van der Waals surface area contributed by atoms with E-state index in [-0.39, 0.29) is 12.0 Å². The second kappa shape index (κ2) is 6.22. The Balaban J connectivity index is 1.53. The molecule has 0 saturated heterocycles. The molecule has 0 bridgehead atoms. The predicted molar refractivity (Wildman–Crippen MR) is 83.9 cm³/mol. The number of ether oxygens (including phenoxy) is 1. The summed E-state index contributed by atoms with van der Waals surface area (Å²) in [5.74, 6) is 1.26. The van der Waals surface area contributed by atoms with Crippen molar-refractivity contribution < 1.29 is 9.53 Å². The number of carbonyl (C=O) groups is 1. The highest BCUT2D eigenvalue weighted by Gasteiger charge is 2.26. The molecular formula is C17H21N3O2. The molecule has 0 spiro atoms. The molecule has 0 atom stereocenters. The number of rotatable bonds is 6. The highest BCUT2D eigenvalue weighted by atomic mass is 16.5. The average molecular weight is 299 g/mol. The van der Waals surface area contributed by atoms with Crippen molar-refractivity contribution in [2.75, 3.05) is 0 Å². The lowest BCUT2D eigenvalue weighted by atomic mass is 10.2. The second-order valence-electron chi connectivity index (χ2n) is 5.98. The van der Waals surface area contributed by atoms with Gasteiger partial charge in [-0.1, -0.05) is 12.1 Å². The minimum absolute atomic E-state index is 0.148. The van der Waals surface area contributed by atoms with Crippen molar-refractivity contribution in [3.05, 3.63) is 47.3 Å². The Morgan fingerprint density at radius 1 is 1.36 bits per heavy atom. The second-order valence-corrected chi connectivity index (χ2v) is 5.98. The Bertz CT molecular complexity index is 642. The first kappa shape index (κ1) is 14.6. The topological polar surface area (TPSA) is 67.0 Å². The molecule has 1 aromatic carbocycles. The summed E-state index contributed by atoms with van der Waals surface area (Å²) in [6.07, 6.45) is 2.54. The van der Waals surface area contributed by atoms with E-state index in [0.29, 0.717) is 18.2 Å². The summed E-state index contributed by atoms with van der Waals surface area (Å²) in [6.45, 7) is 4.47. The van der Waals surface area contributed by atoms with Gasteiger partial charge in [0, 0.05) is 18.2 Å². The summed E-state index contributed by atoms with van der Waals surface area (Å²) in [7, 11) is 0. The number of aromatic nitrogens is 2. The van der Waals surface area contributed by atoms with Gasteiger partial charge >= 0.3 is 0 Å². The molecular weight excluding hydrogens is 278 g/mol. The molecule has 0 unspecified atom stereocenters. The Labute approximate surface area is 130 Å². The molecule has 1 heterocycles. The molecule has 5 nitrogen and oxygen atoms in total. The van der Waals surface area contributed by atoms with Gasteiger partial charge in [0.2, 0.25) is 0 Å². The van der Waals surface area contributed by atoms with Crippen molar-refractivity contribution in [2.45, 2.75) is 45.3 Å². The zero-order valence-electron chi connectivity index (χ0n) is 12.9. The normalized spacial score (nSPS) is 14.1. The van der Waals surface area contributed by atoms with Gasteiger partial charge in [0.25, 0.3) is 5.91 Å². The van der Waals surface area contributed by atoms with Crippen molar-refractivity contribution in [3.8, 4) is 5.75 Å². The van der Waals surface area contributed by atoms with Gasteiger partial charge in [-0.05, 0) is 50.5 Å². The maximum atomic E-state index is 12.1. The summed E-state index contributed by atoms with van der Waals surface area (Å²) in [6, 6.07) is 9.60. The van der Waals surface area contributed by atoms with E-state index in [1.165, 1.54) is 12.8 Å². The third kappa shape index (κ3) is 3.67. The van der Waals surface area contributed by atoms with Crippen LogP contribution in [0.3, 0.4) is 0 Å². The van der Waals surface area contributed by atoms with Gasteiger partial charge in [-0.15, -0.1) is 0 Å². The number of amides is 1. The lowest BCUT2D eigenvalue weighted by Gasteiger charge is -2.10. The number of nitrogens with one attached hydrogen (secondary N) is 2. The zero-order valence-corrected chi connectivity index (χ0v) is 12.9. The van der Waals surface area contributed by atoms with Crippen LogP contribution in [0.1, 0.15) is 54.4 Å². The van der Waals surface area contributed by atoms with Crippen LogP contribution in [0, 0.1) is 0 Å². The maximum absolute atomic E-state index is 12.1. The summed E-state index contributed by atoms with van der Waals surface area (Å²) in [4.78, 5) is 12.1. The average Bonchev–Trinajstić information content (AvgIpc) is 3.23. The fourth-order valence-electron chi connectivity index (χ4n) is 2.29. The molecule has 1 fully saturated rings. The Morgan fingerprint density at radius 2 is 2.09 bits per heavy atom.